The van der Waals surface area contributed by atoms with E-state index < -0.39 is 0 Å². The van der Waals surface area contributed by atoms with Gasteiger partial charge in [0.25, 0.3) is 11.8 Å². The van der Waals surface area contributed by atoms with E-state index in [0.717, 1.165) is 5.56 Å². The summed E-state index contributed by atoms with van der Waals surface area (Å²) in [5.41, 5.74) is 2.81. The lowest BCUT2D eigenvalue weighted by atomic mass is 10.2. The zero-order valence-corrected chi connectivity index (χ0v) is 16.6. The van der Waals surface area contributed by atoms with E-state index in [2.05, 4.69) is 15.6 Å². The molecule has 6 nitrogen and oxygen atoms in total. The maximum Gasteiger partial charge on any atom is 0.274 e. The molecule has 0 saturated heterocycles. The van der Waals surface area contributed by atoms with Gasteiger partial charge >= 0.3 is 0 Å². The SMILES string of the molecule is Cc1ccc(NC(=O)c2cc(C(=O)Nc3ccccc3OC(C)C)ccn2)cc1. The first-order chi connectivity index (χ1) is 13.9. The number of nitrogens with one attached hydrogen (secondary N) is 2. The van der Waals surface area contributed by atoms with Gasteiger partial charge in [-0.3, -0.25) is 14.6 Å². The summed E-state index contributed by atoms with van der Waals surface area (Å²) in [6.45, 7) is 5.81. The van der Waals surface area contributed by atoms with Crippen LogP contribution in [0.15, 0.2) is 66.9 Å². The number of carbonyl (C=O) groups excluding carboxylic acids is 2. The Morgan fingerprint density at radius 3 is 2.38 bits per heavy atom. The Hall–Kier alpha value is -3.67. The standard InChI is InChI=1S/C23H23N3O3/c1-15(2)29-21-7-5-4-6-19(21)26-22(27)17-12-13-24-20(14-17)23(28)25-18-10-8-16(3)9-11-18/h4-15H,1-3H3,(H,25,28)(H,26,27). The van der Waals surface area contributed by atoms with Gasteiger partial charge in [0.1, 0.15) is 11.4 Å². The fourth-order valence-electron chi connectivity index (χ4n) is 2.65. The van der Waals surface area contributed by atoms with Gasteiger partial charge in [0.15, 0.2) is 0 Å². The summed E-state index contributed by atoms with van der Waals surface area (Å²) in [5.74, 6) is -0.147. The number of para-hydroxylation sites is 2. The number of pyridine rings is 1. The second-order valence-electron chi connectivity index (χ2n) is 6.87. The zero-order chi connectivity index (χ0) is 20.8. The summed E-state index contributed by atoms with van der Waals surface area (Å²) in [7, 11) is 0. The van der Waals surface area contributed by atoms with Crippen molar-refractivity contribution >= 4 is 23.2 Å². The second-order valence-corrected chi connectivity index (χ2v) is 6.87. The summed E-state index contributed by atoms with van der Waals surface area (Å²) < 4.78 is 5.73. The molecule has 0 aliphatic rings. The summed E-state index contributed by atoms with van der Waals surface area (Å²) in [4.78, 5) is 29.3. The first kappa shape index (κ1) is 20.1. The van der Waals surface area contributed by atoms with Gasteiger partial charge in [0.2, 0.25) is 0 Å². The van der Waals surface area contributed by atoms with E-state index in [1.807, 2.05) is 57.2 Å². The van der Waals surface area contributed by atoms with E-state index in [1.165, 1.54) is 12.3 Å². The van der Waals surface area contributed by atoms with Gasteiger partial charge < -0.3 is 15.4 Å². The number of amides is 2. The summed E-state index contributed by atoms with van der Waals surface area (Å²) in [5, 5.41) is 5.61. The van der Waals surface area contributed by atoms with Crippen molar-refractivity contribution in [3.63, 3.8) is 0 Å². The molecule has 0 aliphatic carbocycles. The first-order valence-electron chi connectivity index (χ1n) is 9.33. The number of hydrogen-bond donors (Lipinski definition) is 2. The average Bonchev–Trinajstić information content (AvgIpc) is 2.71. The van der Waals surface area contributed by atoms with Gasteiger partial charge in [-0.2, -0.15) is 0 Å². The fraction of sp³-hybridized carbons (Fsp3) is 0.174. The molecule has 0 fully saturated rings. The van der Waals surface area contributed by atoms with Gasteiger partial charge in [0, 0.05) is 17.4 Å². The van der Waals surface area contributed by atoms with Crippen molar-refractivity contribution in [3.8, 4) is 5.75 Å². The largest absolute Gasteiger partial charge is 0.489 e. The fourth-order valence-corrected chi connectivity index (χ4v) is 2.65. The van der Waals surface area contributed by atoms with E-state index in [4.69, 9.17) is 4.74 Å². The average molecular weight is 389 g/mol. The molecule has 2 aromatic carbocycles. The second kappa shape index (κ2) is 9.01. The van der Waals surface area contributed by atoms with Crippen LogP contribution in [0.4, 0.5) is 11.4 Å². The number of anilines is 2. The molecule has 1 aromatic heterocycles. The van der Waals surface area contributed by atoms with E-state index in [1.54, 1.807) is 18.2 Å². The van der Waals surface area contributed by atoms with E-state index in [-0.39, 0.29) is 23.6 Å². The number of aryl methyl sites for hydroxylation is 1. The van der Waals surface area contributed by atoms with Crippen LogP contribution in [-0.4, -0.2) is 22.9 Å². The minimum absolute atomic E-state index is 0.0222. The molecule has 29 heavy (non-hydrogen) atoms. The van der Waals surface area contributed by atoms with Crippen LogP contribution in [0.2, 0.25) is 0 Å². The highest BCUT2D eigenvalue weighted by Gasteiger charge is 2.14. The number of nitrogens with zero attached hydrogens (tertiary/aromatic N) is 1. The van der Waals surface area contributed by atoms with Crippen molar-refractivity contribution in [2.24, 2.45) is 0 Å². The monoisotopic (exact) mass is 389 g/mol. The quantitative estimate of drug-likeness (QED) is 0.641. The van der Waals surface area contributed by atoms with Crippen LogP contribution in [0.5, 0.6) is 5.75 Å². The molecule has 0 aliphatic heterocycles. The van der Waals surface area contributed by atoms with Crippen molar-refractivity contribution < 1.29 is 14.3 Å². The highest BCUT2D eigenvalue weighted by molar-refractivity contribution is 6.08. The third kappa shape index (κ3) is 5.42. The third-order valence-electron chi connectivity index (χ3n) is 4.06. The van der Waals surface area contributed by atoms with Crippen LogP contribution in [0.1, 0.15) is 40.3 Å². The Bertz CT molecular complexity index is 1010. The van der Waals surface area contributed by atoms with Crippen LogP contribution in [-0.2, 0) is 0 Å². The predicted molar refractivity (Wildman–Crippen MR) is 114 cm³/mol. The van der Waals surface area contributed by atoms with Crippen molar-refractivity contribution in [1.82, 2.24) is 4.98 Å². The predicted octanol–water partition coefficient (Wildman–Crippen LogP) is 4.68. The third-order valence-corrected chi connectivity index (χ3v) is 4.06. The van der Waals surface area contributed by atoms with E-state index in [9.17, 15) is 9.59 Å². The van der Waals surface area contributed by atoms with Gasteiger partial charge in [0.05, 0.1) is 11.8 Å². The maximum atomic E-state index is 12.7. The molecule has 0 saturated carbocycles. The molecule has 0 atom stereocenters. The van der Waals surface area contributed by atoms with Crippen molar-refractivity contribution in [1.29, 1.82) is 0 Å². The molecule has 2 amide bonds. The van der Waals surface area contributed by atoms with Crippen LogP contribution in [0.25, 0.3) is 0 Å². The molecule has 1 heterocycles. The van der Waals surface area contributed by atoms with Crippen LogP contribution in [0, 0.1) is 6.92 Å². The van der Waals surface area contributed by atoms with Gasteiger partial charge in [-0.25, -0.2) is 0 Å². The lowest BCUT2D eigenvalue weighted by Crippen LogP contribution is -2.17. The number of hydrogen-bond acceptors (Lipinski definition) is 4. The number of ether oxygens (including phenoxy) is 1. The molecule has 3 rings (SSSR count). The molecule has 6 heteroatoms. The highest BCUT2D eigenvalue weighted by Crippen LogP contribution is 2.25. The van der Waals surface area contributed by atoms with Crippen molar-refractivity contribution in [2.75, 3.05) is 10.6 Å². The molecule has 148 valence electrons. The van der Waals surface area contributed by atoms with E-state index >= 15 is 0 Å². The molecule has 2 N–H and O–H groups in total. The zero-order valence-electron chi connectivity index (χ0n) is 16.6. The minimum Gasteiger partial charge on any atom is -0.489 e. The van der Waals surface area contributed by atoms with E-state index in [0.29, 0.717) is 22.7 Å². The summed E-state index contributed by atoms with van der Waals surface area (Å²) >= 11 is 0. The molecule has 0 radical (unpaired) electrons. The molecular formula is C23H23N3O3. The lowest BCUT2D eigenvalue weighted by molar-refractivity contribution is 0.102. The Morgan fingerprint density at radius 2 is 1.66 bits per heavy atom. The maximum absolute atomic E-state index is 12.7. The van der Waals surface area contributed by atoms with Gasteiger partial charge in [-0.15, -0.1) is 0 Å². The molecule has 0 unspecified atom stereocenters. The Morgan fingerprint density at radius 1 is 0.931 bits per heavy atom. The number of rotatable bonds is 6. The minimum atomic E-state index is -0.382. The van der Waals surface area contributed by atoms with Gasteiger partial charge in [-0.05, 0) is 57.2 Å². The molecule has 0 spiro atoms. The topological polar surface area (TPSA) is 80.3 Å². The summed E-state index contributed by atoms with van der Waals surface area (Å²) in [6.07, 6.45) is 1.42. The van der Waals surface area contributed by atoms with Crippen molar-refractivity contribution in [3.05, 3.63) is 83.7 Å². The number of carbonyl (C=O) groups is 2. The normalized spacial score (nSPS) is 10.5. The Balaban J connectivity index is 1.74. The first-order valence-corrected chi connectivity index (χ1v) is 9.33. The van der Waals surface area contributed by atoms with Crippen LogP contribution in [0.3, 0.4) is 0 Å². The smallest absolute Gasteiger partial charge is 0.274 e. The highest BCUT2D eigenvalue weighted by atomic mass is 16.5. The lowest BCUT2D eigenvalue weighted by Gasteiger charge is -2.15. The Labute approximate surface area is 169 Å². The molecular weight excluding hydrogens is 366 g/mol. The number of aromatic nitrogens is 1. The Kier molecular flexibility index (Phi) is 6.24. The van der Waals surface area contributed by atoms with Crippen LogP contribution >= 0.6 is 0 Å². The van der Waals surface area contributed by atoms with Crippen LogP contribution < -0.4 is 15.4 Å². The van der Waals surface area contributed by atoms with Gasteiger partial charge in [-0.1, -0.05) is 29.8 Å². The molecule has 0 bridgehead atoms. The number of benzene rings is 2. The summed E-state index contributed by atoms with van der Waals surface area (Å²) in [6, 6.07) is 17.7. The molecule has 3 aromatic rings. The van der Waals surface area contributed by atoms with Crippen molar-refractivity contribution in [2.45, 2.75) is 26.9 Å².